The van der Waals surface area contributed by atoms with Crippen molar-refractivity contribution < 1.29 is 14.3 Å². The molecule has 0 radical (unpaired) electrons. The van der Waals surface area contributed by atoms with Crippen LogP contribution in [0.25, 0.3) is 11.4 Å². The van der Waals surface area contributed by atoms with E-state index in [0.717, 1.165) is 54.2 Å². The summed E-state index contributed by atoms with van der Waals surface area (Å²) in [7, 11) is 3.26. The van der Waals surface area contributed by atoms with E-state index in [9.17, 15) is 9.59 Å². The second kappa shape index (κ2) is 10.6. The minimum Gasteiger partial charge on any atom is -0.465 e. The lowest BCUT2D eigenvalue weighted by atomic mass is 10.1. The molecule has 1 aromatic carbocycles. The number of rotatable bonds is 9. The number of thiophene rings is 1. The van der Waals surface area contributed by atoms with Crippen LogP contribution in [-0.2, 0) is 29.4 Å². The number of esters is 1. The van der Waals surface area contributed by atoms with E-state index in [1.807, 2.05) is 23.7 Å². The zero-order valence-corrected chi connectivity index (χ0v) is 21.5. The number of nitrogens with zero attached hydrogens (tertiary/aromatic N) is 4. The van der Waals surface area contributed by atoms with Crippen molar-refractivity contribution >= 4 is 45.7 Å². The number of amides is 1. The molecule has 2 heterocycles. The highest BCUT2D eigenvalue weighted by atomic mass is 32.2. The van der Waals surface area contributed by atoms with Gasteiger partial charge < -0.3 is 19.5 Å². The number of thioether (sulfide) groups is 1. The zero-order valence-electron chi connectivity index (χ0n) is 19.9. The summed E-state index contributed by atoms with van der Waals surface area (Å²) >= 11 is 2.79. The number of carbonyl (C=O) groups excluding carboxylic acids is 2. The first kappa shape index (κ1) is 24.3. The third-order valence-corrected chi connectivity index (χ3v) is 8.21. The van der Waals surface area contributed by atoms with Crippen LogP contribution >= 0.6 is 23.1 Å². The molecule has 2 aromatic heterocycles. The van der Waals surface area contributed by atoms with Gasteiger partial charge in [-0.1, -0.05) is 11.8 Å². The van der Waals surface area contributed by atoms with Crippen LogP contribution in [0.15, 0.2) is 29.4 Å². The summed E-state index contributed by atoms with van der Waals surface area (Å²) < 4.78 is 6.84. The Morgan fingerprint density at radius 2 is 1.91 bits per heavy atom. The molecule has 180 valence electrons. The van der Waals surface area contributed by atoms with Crippen LogP contribution in [0.2, 0.25) is 0 Å². The van der Waals surface area contributed by atoms with Gasteiger partial charge in [-0.2, -0.15) is 0 Å². The smallest absolute Gasteiger partial charge is 0.341 e. The highest BCUT2D eigenvalue weighted by molar-refractivity contribution is 7.99. The number of hydrogen-bond donors (Lipinski definition) is 1. The summed E-state index contributed by atoms with van der Waals surface area (Å²) in [5, 5.41) is 12.7. The standard InChI is InChI=1S/C24H29N5O3S2/c1-5-29(6-2)16-12-10-15(11-13-16)21-26-27-24(28(21)3)33-14-19(30)25-22-20(23(31)32-4)17-8-7-9-18(17)34-22/h10-13H,5-9,14H2,1-4H3,(H,25,30). The fourth-order valence-electron chi connectivity index (χ4n) is 4.21. The lowest BCUT2D eigenvalue weighted by Crippen LogP contribution is -2.21. The number of methoxy groups -OCH3 is 1. The predicted octanol–water partition coefficient (Wildman–Crippen LogP) is 4.40. The van der Waals surface area contributed by atoms with E-state index >= 15 is 0 Å². The van der Waals surface area contributed by atoms with Gasteiger partial charge in [0.05, 0.1) is 18.4 Å². The first-order chi connectivity index (χ1) is 16.5. The number of nitrogens with one attached hydrogen (secondary N) is 1. The van der Waals surface area contributed by atoms with Crippen molar-refractivity contribution in [3.63, 3.8) is 0 Å². The Bertz CT molecular complexity index is 1180. The highest BCUT2D eigenvalue weighted by Crippen LogP contribution is 2.39. The summed E-state index contributed by atoms with van der Waals surface area (Å²) in [6.07, 6.45) is 2.81. The number of hydrogen-bond acceptors (Lipinski definition) is 8. The van der Waals surface area contributed by atoms with Crippen molar-refractivity contribution in [2.75, 3.05) is 36.2 Å². The van der Waals surface area contributed by atoms with E-state index in [4.69, 9.17) is 4.74 Å². The Morgan fingerprint density at radius 1 is 1.18 bits per heavy atom. The van der Waals surface area contributed by atoms with Crippen molar-refractivity contribution in [2.24, 2.45) is 7.05 Å². The number of ether oxygens (including phenoxy) is 1. The maximum atomic E-state index is 12.7. The quantitative estimate of drug-likeness (QED) is 0.345. The SMILES string of the molecule is CCN(CC)c1ccc(-c2nnc(SCC(=O)Nc3sc4c(c3C(=O)OC)CCC4)n2C)cc1. The Balaban J connectivity index is 1.42. The van der Waals surface area contributed by atoms with Crippen LogP contribution in [0.4, 0.5) is 10.7 Å². The molecule has 0 atom stereocenters. The van der Waals surface area contributed by atoms with Crippen molar-refractivity contribution in [3.8, 4) is 11.4 Å². The molecule has 0 aliphatic heterocycles. The van der Waals surface area contributed by atoms with Crippen molar-refractivity contribution in [1.82, 2.24) is 14.8 Å². The Hall–Kier alpha value is -2.85. The molecule has 4 rings (SSSR count). The topological polar surface area (TPSA) is 89.3 Å². The molecule has 1 N–H and O–H groups in total. The van der Waals surface area contributed by atoms with Gasteiger partial charge in [0.25, 0.3) is 0 Å². The molecular formula is C24H29N5O3S2. The van der Waals surface area contributed by atoms with Gasteiger partial charge in [-0.3, -0.25) is 4.79 Å². The fraction of sp³-hybridized carbons (Fsp3) is 0.417. The molecule has 3 aromatic rings. The van der Waals surface area contributed by atoms with Crippen molar-refractivity contribution in [1.29, 1.82) is 0 Å². The van der Waals surface area contributed by atoms with Crippen LogP contribution in [-0.4, -0.2) is 52.6 Å². The van der Waals surface area contributed by atoms with E-state index in [0.29, 0.717) is 15.7 Å². The Morgan fingerprint density at radius 3 is 2.59 bits per heavy atom. The molecular weight excluding hydrogens is 470 g/mol. The predicted molar refractivity (Wildman–Crippen MR) is 137 cm³/mol. The summed E-state index contributed by atoms with van der Waals surface area (Å²) in [5.74, 6) is 0.322. The molecule has 0 bridgehead atoms. The summed E-state index contributed by atoms with van der Waals surface area (Å²) in [4.78, 5) is 28.4. The zero-order chi connectivity index (χ0) is 24.2. The fourth-order valence-corrected chi connectivity index (χ4v) is 6.21. The molecule has 34 heavy (non-hydrogen) atoms. The number of benzene rings is 1. The average Bonchev–Trinajstić information content (AvgIpc) is 3.53. The molecule has 10 heteroatoms. The lowest BCUT2D eigenvalue weighted by molar-refractivity contribution is -0.113. The number of anilines is 2. The minimum atomic E-state index is -0.396. The molecule has 0 fully saturated rings. The van der Waals surface area contributed by atoms with E-state index < -0.39 is 5.97 Å². The third kappa shape index (κ3) is 4.83. The second-order valence-corrected chi connectivity index (χ2v) is 10.0. The average molecular weight is 500 g/mol. The van der Waals surface area contributed by atoms with Gasteiger partial charge in [0, 0.05) is 36.3 Å². The lowest BCUT2D eigenvalue weighted by Gasteiger charge is -2.21. The number of carbonyl (C=O) groups is 2. The monoisotopic (exact) mass is 499 g/mol. The first-order valence-corrected chi connectivity index (χ1v) is 13.2. The summed E-state index contributed by atoms with van der Waals surface area (Å²) in [6, 6.07) is 8.27. The molecule has 0 saturated carbocycles. The first-order valence-electron chi connectivity index (χ1n) is 11.4. The Kier molecular flexibility index (Phi) is 7.57. The molecule has 0 spiro atoms. The van der Waals surface area contributed by atoms with E-state index in [1.165, 1.54) is 35.9 Å². The van der Waals surface area contributed by atoms with Crippen LogP contribution in [0.3, 0.4) is 0 Å². The molecule has 1 aliphatic rings. The van der Waals surface area contributed by atoms with Crippen molar-refractivity contribution in [3.05, 3.63) is 40.3 Å². The summed E-state index contributed by atoms with van der Waals surface area (Å²) in [5.41, 5.74) is 3.67. The van der Waals surface area contributed by atoms with Gasteiger partial charge in [-0.05, 0) is 62.9 Å². The molecule has 1 amide bonds. The van der Waals surface area contributed by atoms with E-state index in [2.05, 4.69) is 46.4 Å². The van der Waals surface area contributed by atoms with Gasteiger partial charge in [0.2, 0.25) is 5.91 Å². The number of aryl methyl sites for hydroxylation is 1. The minimum absolute atomic E-state index is 0.163. The molecule has 8 nitrogen and oxygen atoms in total. The van der Waals surface area contributed by atoms with Gasteiger partial charge in [0.15, 0.2) is 11.0 Å². The van der Waals surface area contributed by atoms with Crippen LogP contribution in [0, 0.1) is 0 Å². The van der Waals surface area contributed by atoms with Crippen LogP contribution in [0.1, 0.15) is 41.1 Å². The van der Waals surface area contributed by atoms with Crippen LogP contribution in [0.5, 0.6) is 0 Å². The maximum absolute atomic E-state index is 12.7. The normalized spacial score (nSPS) is 12.5. The van der Waals surface area contributed by atoms with Gasteiger partial charge in [-0.25, -0.2) is 4.79 Å². The third-order valence-electron chi connectivity index (χ3n) is 5.99. The van der Waals surface area contributed by atoms with Gasteiger partial charge in [-0.15, -0.1) is 21.5 Å². The Labute approximate surface area is 207 Å². The second-order valence-electron chi connectivity index (χ2n) is 7.97. The largest absolute Gasteiger partial charge is 0.465 e. The van der Waals surface area contributed by atoms with E-state index in [-0.39, 0.29) is 11.7 Å². The van der Waals surface area contributed by atoms with Gasteiger partial charge in [0.1, 0.15) is 5.00 Å². The van der Waals surface area contributed by atoms with Crippen LogP contribution < -0.4 is 10.2 Å². The molecule has 1 aliphatic carbocycles. The van der Waals surface area contributed by atoms with E-state index in [1.54, 1.807) is 0 Å². The van der Waals surface area contributed by atoms with Gasteiger partial charge >= 0.3 is 5.97 Å². The molecule has 0 unspecified atom stereocenters. The molecule has 0 saturated heterocycles. The number of aromatic nitrogens is 3. The van der Waals surface area contributed by atoms with Crippen molar-refractivity contribution in [2.45, 2.75) is 38.3 Å². The maximum Gasteiger partial charge on any atom is 0.341 e. The highest BCUT2D eigenvalue weighted by Gasteiger charge is 2.28. The number of fused-ring (bicyclic) bond motifs is 1. The summed E-state index contributed by atoms with van der Waals surface area (Å²) in [6.45, 7) is 6.19.